The van der Waals surface area contributed by atoms with E-state index in [1.165, 1.54) is 6.26 Å². The van der Waals surface area contributed by atoms with E-state index >= 15 is 0 Å². The van der Waals surface area contributed by atoms with Crippen molar-refractivity contribution in [3.8, 4) is 0 Å². The molecule has 0 saturated heterocycles. The normalized spacial score (nSPS) is 10.1. The third-order valence-corrected chi connectivity index (χ3v) is 3.07. The number of pyridine rings is 1. The lowest BCUT2D eigenvalue weighted by molar-refractivity contribution is 0.0995. The summed E-state index contributed by atoms with van der Waals surface area (Å²) in [6, 6.07) is 13.3. The van der Waals surface area contributed by atoms with E-state index in [4.69, 9.17) is 4.42 Å². The number of nitrogens with zero attached hydrogens (tertiary/aromatic N) is 1. The largest absolute Gasteiger partial charge is 0.459 e. The van der Waals surface area contributed by atoms with Gasteiger partial charge in [-0.05, 0) is 42.5 Å². The topological polar surface area (TPSA) is 84.2 Å². The van der Waals surface area contributed by atoms with Crippen LogP contribution in [0.5, 0.6) is 0 Å². The molecule has 3 aromatic rings. The van der Waals surface area contributed by atoms with Crippen LogP contribution in [0, 0.1) is 0 Å². The zero-order chi connectivity index (χ0) is 16.1. The lowest BCUT2D eigenvalue weighted by Crippen LogP contribution is -2.13. The highest BCUT2D eigenvalue weighted by molar-refractivity contribution is 6.05. The molecule has 2 N–H and O–H groups in total. The number of carbonyl (C=O) groups is 2. The van der Waals surface area contributed by atoms with Gasteiger partial charge in [-0.15, -0.1) is 0 Å². The van der Waals surface area contributed by atoms with Crippen LogP contribution in [0.25, 0.3) is 0 Å². The van der Waals surface area contributed by atoms with Gasteiger partial charge in [0.1, 0.15) is 0 Å². The number of amides is 2. The van der Waals surface area contributed by atoms with Crippen molar-refractivity contribution in [3.63, 3.8) is 0 Å². The molecule has 0 aliphatic heterocycles. The number of anilines is 2. The second kappa shape index (κ2) is 6.57. The molecule has 1 aromatic carbocycles. The molecule has 2 aromatic heterocycles. The first-order chi connectivity index (χ1) is 11.2. The van der Waals surface area contributed by atoms with E-state index in [1.54, 1.807) is 60.9 Å². The third-order valence-electron chi connectivity index (χ3n) is 3.07. The molecule has 2 amide bonds. The second-order valence-corrected chi connectivity index (χ2v) is 4.70. The Morgan fingerprint density at radius 3 is 2.22 bits per heavy atom. The quantitative estimate of drug-likeness (QED) is 0.775. The molecule has 6 heteroatoms. The first-order valence-corrected chi connectivity index (χ1v) is 6.89. The Morgan fingerprint density at radius 2 is 1.57 bits per heavy atom. The predicted octanol–water partition coefficient (Wildman–Crippen LogP) is 3.18. The van der Waals surface area contributed by atoms with E-state index in [-0.39, 0.29) is 17.6 Å². The Morgan fingerprint density at radius 1 is 0.870 bits per heavy atom. The van der Waals surface area contributed by atoms with Gasteiger partial charge in [0.05, 0.1) is 6.26 Å². The third kappa shape index (κ3) is 3.62. The number of aromatic nitrogens is 1. The van der Waals surface area contributed by atoms with Crippen molar-refractivity contribution < 1.29 is 14.0 Å². The van der Waals surface area contributed by atoms with Crippen molar-refractivity contribution in [3.05, 3.63) is 78.5 Å². The fraction of sp³-hybridized carbons (Fsp3) is 0. The summed E-state index contributed by atoms with van der Waals surface area (Å²) in [6.07, 6.45) is 4.53. The minimum Gasteiger partial charge on any atom is -0.459 e. The van der Waals surface area contributed by atoms with Crippen LogP contribution in [-0.2, 0) is 0 Å². The van der Waals surface area contributed by atoms with E-state index in [0.717, 1.165) is 0 Å². The van der Waals surface area contributed by atoms with E-state index < -0.39 is 0 Å². The molecule has 0 aliphatic carbocycles. The van der Waals surface area contributed by atoms with Gasteiger partial charge in [-0.25, -0.2) is 0 Å². The Hall–Kier alpha value is -3.41. The second-order valence-electron chi connectivity index (χ2n) is 4.70. The Labute approximate surface area is 132 Å². The van der Waals surface area contributed by atoms with Crippen LogP contribution in [0.4, 0.5) is 11.4 Å². The standard InChI is InChI=1S/C17H13N3O3/c21-16(12-6-8-18-9-7-12)19-13-3-1-4-14(11-13)20-17(22)15-5-2-10-23-15/h1-11H,(H,19,21)(H,20,22). The average molecular weight is 307 g/mol. The summed E-state index contributed by atoms with van der Waals surface area (Å²) in [4.78, 5) is 27.9. The molecular formula is C17H13N3O3. The minimum absolute atomic E-state index is 0.219. The van der Waals surface area contributed by atoms with Crippen molar-refractivity contribution in [2.45, 2.75) is 0 Å². The molecule has 2 heterocycles. The summed E-state index contributed by atoms with van der Waals surface area (Å²) < 4.78 is 5.03. The predicted molar refractivity (Wildman–Crippen MR) is 85.3 cm³/mol. The molecule has 0 fully saturated rings. The van der Waals surface area contributed by atoms with Crippen molar-refractivity contribution in [1.82, 2.24) is 4.98 Å². The maximum atomic E-state index is 12.1. The molecule has 23 heavy (non-hydrogen) atoms. The van der Waals surface area contributed by atoms with E-state index in [1.807, 2.05) is 0 Å². The summed E-state index contributed by atoms with van der Waals surface area (Å²) >= 11 is 0. The summed E-state index contributed by atoms with van der Waals surface area (Å²) in [5.74, 6) is -0.384. The molecule has 0 spiro atoms. The number of nitrogens with one attached hydrogen (secondary N) is 2. The molecule has 0 unspecified atom stereocenters. The number of hydrogen-bond donors (Lipinski definition) is 2. The monoisotopic (exact) mass is 307 g/mol. The van der Waals surface area contributed by atoms with Crippen LogP contribution in [0.15, 0.2) is 71.6 Å². The smallest absolute Gasteiger partial charge is 0.291 e. The SMILES string of the molecule is O=C(Nc1cccc(NC(=O)c2ccco2)c1)c1ccncc1. The van der Waals surface area contributed by atoms with E-state index in [0.29, 0.717) is 16.9 Å². The molecule has 3 rings (SSSR count). The van der Waals surface area contributed by atoms with Gasteiger partial charge in [-0.1, -0.05) is 6.07 Å². The van der Waals surface area contributed by atoms with Gasteiger partial charge in [0.2, 0.25) is 0 Å². The van der Waals surface area contributed by atoms with Gasteiger partial charge in [0.25, 0.3) is 11.8 Å². The van der Waals surface area contributed by atoms with Gasteiger partial charge in [-0.2, -0.15) is 0 Å². The molecule has 0 atom stereocenters. The first kappa shape index (κ1) is 14.5. The fourth-order valence-electron chi connectivity index (χ4n) is 1.98. The van der Waals surface area contributed by atoms with Gasteiger partial charge in [0, 0.05) is 29.3 Å². The fourth-order valence-corrected chi connectivity index (χ4v) is 1.98. The van der Waals surface area contributed by atoms with Gasteiger partial charge in [-0.3, -0.25) is 14.6 Å². The average Bonchev–Trinajstić information content (AvgIpc) is 3.10. The molecule has 0 bridgehead atoms. The first-order valence-electron chi connectivity index (χ1n) is 6.89. The summed E-state index contributed by atoms with van der Waals surface area (Å²) in [6.45, 7) is 0. The highest BCUT2D eigenvalue weighted by atomic mass is 16.3. The zero-order valence-electron chi connectivity index (χ0n) is 12.0. The number of rotatable bonds is 4. The van der Waals surface area contributed by atoms with Crippen molar-refractivity contribution in [2.75, 3.05) is 10.6 Å². The van der Waals surface area contributed by atoms with Gasteiger partial charge >= 0.3 is 0 Å². The highest BCUT2D eigenvalue weighted by Crippen LogP contribution is 2.17. The molecular weight excluding hydrogens is 294 g/mol. The number of carbonyl (C=O) groups excluding carboxylic acids is 2. The molecule has 6 nitrogen and oxygen atoms in total. The lowest BCUT2D eigenvalue weighted by atomic mass is 10.2. The maximum absolute atomic E-state index is 12.1. The molecule has 0 aliphatic rings. The number of furan rings is 1. The Kier molecular flexibility index (Phi) is 4.15. The molecule has 114 valence electrons. The van der Waals surface area contributed by atoms with E-state index in [9.17, 15) is 9.59 Å². The van der Waals surface area contributed by atoms with Crippen LogP contribution < -0.4 is 10.6 Å². The van der Waals surface area contributed by atoms with Crippen molar-refractivity contribution in [1.29, 1.82) is 0 Å². The molecule has 0 saturated carbocycles. The van der Waals surface area contributed by atoms with Crippen LogP contribution in [0.1, 0.15) is 20.9 Å². The van der Waals surface area contributed by atoms with Gasteiger partial charge in [0.15, 0.2) is 5.76 Å². The molecule has 0 radical (unpaired) electrons. The summed E-state index contributed by atoms with van der Waals surface area (Å²) in [7, 11) is 0. The van der Waals surface area contributed by atoms with Crippen LogP contribution in [-0.4, -0.2) is 16.8 Å². The zero-order valence-corrected chi connectivity index (χ0v) is 12.0. The highest BCUT2D eigenvalue weighted by Gasteiger charge is 2.10. The summed E-state index contributed by atoms with van der Waals surface area (Å²) in [5.41, 5.74) is 1.63. The maximum Gasteiger partial charge on any atom is 0.291 e. The van der Waals surface area contributed by atoms with Crippen LogP contribution in [0.3, 0.4) is 0 Å². The van der Waals surface area contributed by atoms with Crippen LogP contribution >= 0.6 is 0 Å². The Balaban J connectivity index is 1.70. The number of benzene rings is 1. The Bertz CT molecular complexity index is 814. The van der Waals surface area contributed by atoms with Crippen molar-refractivity contribution >= 4 is 23.2 Å². The number of hydrogen-bond acceptors (Lipinski definition) is 4. The summed E-state index contributed by atoms with van der Waals surface area (Å²) in [5, 5.41) is 5.47. The van der Waals surface area contributed by atoms with Crippen molar-refractivity contribution in [2.24, 2.45) is 0 Å². The lowest BCUT2D eigenvalue weighted by Gasteiger charge is -2.08. The van der Waals surface area contributed by atoms with E-state index in [2.05, 4.69) is 15.6 Å². The van der Waals surface area contributed by atoms with Gasteiger partial charge < -0.3 is 15.1 Å². The van der Waals surface area contributed by atoms with Crippen LogP contribution in [0.2, 0.25) is 0 Å². The minimum atomic E-state index is -0.354.